The van der Waals surface area contributed by atoms with E-state index in [1.807, 2.05) is 6.26 Å². The fraction of sp³-hybridized carbons (Fsp3) is 0.364. The van der Waals surface area contributed by atoms with E-state index >= 15 is 0 Å². The van der Waals surface area contributed by atoms with Gasteiger partial charge in [-0.15, -0.1) is 0 Å². The lowest BCUT2D eigenvalue weighted by atomic mass is 10.2. The van der Waals surface area contributed by atoms with Crippen molar-refractivity contribution in [2.45, 2.75) is 12.5 Å². The molecule has 1 aromatic heterocycles. The molecule has 0 spiro atoms. The van der Waals surface area contributed by atoms with Crippen molar-refractivity contribution in [1.29, 1.82) is 0 Å². The zero-order valence-corrected chi connectivity index (χ0v) is 10.5. The van der Waals surface area contributed by atoms with E-state index in [1.54, 1.807) is 0 Å². The van der Waals surface area contributed by atoms with Gasteiger partial charge in [0.1, 0.15) is 6.04 Å². The molecule has 7 heteroatoms. The van der Waals surface area contributed by atoms with Crippen LogP contribution in [0.5, 0.6) is 0 Å². The second kappa shape index (κ2) is 6.95. The van der Waals surface area contributed by atoms with Gasteiger partial charge in [-0.1, -0.05) is 0 Å². The summed E-state index contributed by atoms with van der Waals surface area (Å²) in [6.07, 6.45) is 3.32. The Bertz CT molecular complexity index is 442. The molecule has 0 bridgehead atoms. The topological polar surface area (TPSA) is 79.3 Å². The first-order valence-electron chi connectivity index (χ1n) is 5.18. The summed E-state index contributed by atoms with van der Waals surface area (Å²) in [6.45, 7) is 0. The number of halogens is 1. The third kappa shape index (κ3) is 4.33. The fourth-order valence-corrected chi connectivity index (χ4v) is 1.75. The summed E-state index contributed by atoms with van der Waals surface area (Å²) >= 11 is 1.49. The Balaban J connectivity index is 2.69. The minimum Gasteiger partial charge on any atom is -0.480 e. The van der Waals surface area contributed by atoms with Gasteiger partial charge in [0.15, 0.2) is 0 Å². The number of rotatable bonds is 6. The predicted molar refractivity (Wildman–Crippen MR) is 66.1 cm³/mol. The lowest BCUT2D eigenvalue weighted by Crippen LogP contribution is -2.41. The average Bonchev–Trinajstić information content (AvgIpc) is 2.33. The molecular formula is C11H13FN2O3S. The number of pyridine rings is 1. The van der Waals surface area contributed by atoms with Crippen LogP contribution in [0.2, 0.25) is 0 Å². The maximum Gasteiger partial charge on any atom is 0.326 e. The van der Waals surface area contributed by atoms with Gasteiger partial charge in [0.05, 0.1) is 0 Å². The molecule has 5 nitrogen and oxygen atoms in total. The van der Waals surface area contributed by atoms with Crippen LogP contribution in [0.1, 0.15) is 16.8 Å². The number of nitrogens with zero attached hydrogens (tertiary/aromatic N) is 1. The van der Waals surface area contributed by atoms with Crippen molar-refractivity contribution < 1.29 is 19.1 Å². The summed E-state index contributed by atoms with van der Waals surface area (Å²) in [4.78, 5) is 25.9. The van der Waals surface area contributed by atoms with Gasteiger partial charge in [0, 0.05) is 17.8 Å². The fourth-order valence-electron chi connectivity index (χ4n) is 1.28. The highest BCUT2D eigenvalue weighted by molar-refractivity contribution is 7.98. The normalized spacial score (nSPS) is 11.9. The standard InChI is InChI=1S/C11H13FN2O3S/c1-18-5-3-8(11(16)17)14-10(15)7-2-4-13-9(12)6-7/h2,4,6,8H,3,5H2,1H3,(H,14,15)(H,16,17). The van der Waals surface area contributed by atoms with Crippen LogP contribution in [-0.4, -0.2) is 40.0 Å². The highest BCUT2D eigenvalue weighted by Gasteiger charge is 2.20. The van der Waals surface area contributed by atoms with Gasteiger partial charge in [0.25, 0.3) is 5.91 Å². The van der Waals surface area contributed by atoms with Gasteiger partial charge in [-0.05, 0) is 24.5 Å². The third-order valence-corrected chi connectivity index (χ3v) is 2.85. The van der Waals surface area contributed by atoms with Crippen molar-refractivity contribution in [3.63, 3.8) is 0 Å². The van der Waals surface area contributed by atoms with Crippen molar-refractivity contribution in [1.82, 2.24) is 10.3 Å². The van der Waals surface area contributed by atoms with Gasteiger partial charge < -0.3 is 10.4 Å². The monoisotopic (exact) mass is 272 g/mol. The van der Waals surface area contributed by atoms with Crippen molar-refractivity contribution in [3.8, 4) is 0 Å². The molecule has 18 heavy (non-hydrogen) atoms. The van der Waals surface area contributed by atoms with E-state index in [1.165, 1.54) is 17.8 Å². The zero-order chi connectivity index (χ0) is 13.5. The number of carboxylic acid groups (broad SMARTS) is 1. The van der Waals surface area contributed by atoms with Gasteiger partial charge in [-0.25, -0.2) is 9.78 Å². The summed E-state index contributed by atoms with van der Waals surface area (Å²) in [5.74, 6) is -1.89. The van der Waals surface area contributed by atoms with E-state index in [4.69, 9.17) is 5.11 Å². The first-order valence-corrected chi connectivity index (χ1v) is 6.58. The third-order valence-electron chi connectivity index (χ3n) is 2.20. The smallest absolute Gasteiger partial charge is 0.326 e. The largest absolute Gasteiger partial charge is 0.480 e. The second-order valence-electron chi connectivity index (χ2n) is 3.51. The molecule has 98 valence electrons. The van der Waals surface area contributed by atoms with E-state index in [0.29, 0.717) is 12.2 Å². The Morgan fingerprint density at radius 1 is 1.61 bits per heavy atom. The number of amides is 1. The number of carbonyl (C=O) groups excluding carboxylic acids is 1. The molecule has 0 aliphatic carbocycles. The van der Waals surface area contributed by atoms with E-state index in [0.717, 1.165) is 12.3 Å². The van der Waals surface area contributed by atoms with Crippen LogP contribution in [0.4, 0.5) is 4.39 Å². The molecule has 0 aliphatic heterocycles. The molecule has 0 radical (unpaired) electrons. The van der Waals surface area contributed by atoms with Crippen LogP contribution in [0.25, 0.3) is 0 Å². The number of carboxylic acids is 1. The van der Waals surface area contributed by atoms with Crippen LogP contribution >= 0.6 is 11.8 Å². The van der Waals surface area contributed by atoms with E-state index < -0.39 is 23.9 Å². The Kier molecular flexibility index (Phi) is 5.57. The lowest BCUT2D eigenvalue weighted by molar-refractivity contribution is -0.139. The Labute approximate surface area is 108 Å². The van der Waals surface area contributed by atoms with Gasteiger partial charge in [-0.3, -0.25) is 4.79 Å². The number of hydrogen-bond donors (Lipinski definition) is 2. The number of carbonyl (C=O) groups is 2. The molecule has 0 aromatic carbocycles. The van der Waals surface area contributed by atoms with Crippen LogP contribution in [0.15, 0.2) is 18.3 Å². The van der Waals surface area contributed by atoms with Gasteiger partial charge >= 0.3 is 5.97 Å². The van der Waals surface area contributed by atoms with Crippen molar-refractivity contribution >= 4 is 23.6 Å². The number of thioether (sulfide) groups is 1. The van der Waals surface area contributed by atoms with E-state index in [2.05, 4.69) is 10.3 Å². The quantitative estimate of drug-likeness (QED) is 0.760. The summed E-state index contributed by atoms with van der Waals surface area (Å²) in [5.41, 5.74) is 0.0536. The number of aromatic nitrogens is 1. The number of hydrogen-bond acceptors (Lipinski definition) is 4. The highest BCUT2D eigenvalue weighted by Crippen LogP contribution is 2.04. The second-order valence-corrected chi connectivity index (χ2v) is 4.50. The van der Waals surface area contributed by atoms with Crippen LogP contribution in [-0.2, 0) is 4.79 Å². The highest BCUT2D eigenvalue weighted by atomic mass is 32.2. The molecule has 0 saturated heterocycles. The van der Waals surface area contributed by atoms with Crippen molar-refractivity contribution in [3.05, 3.63) is 29.8 Å². The molecule has 0 fully saturated rings. The van der Waals surface area contributed by atoms with Crippen molar-refractivity contribution in [2.24, 2.45) is 0 Å². The minimum absolute atomic E-state index is 0.0536. The van der Waals surface area contributed by atoms with Crippen LogP contribution in [0.3, 0.4) is 0 Å². The molecular weight excluding hydrogens is 259 g/mol. The lowest BCUT2D eigenvalue weighted by Gasteiger charge is -2.13. The maximum absolute atomic E-state index is 12.8. The molecule has 0 aliphatic rings. The molecule has 1 rings (SSSR count). The van der Waals surface area contributed by atoms with Gasteiger partial charge in [0.2, 0.25) is 5.95 Å². The molecule has 1 unspecified atom stereocenters. The molecule has 2 N–H and O–H groups in total. The van der Waals surface area contributed by atoms with Crippen LogP contribution in [0, 0.1) is 5.95 Å². The first kappa shape index (κ1) is 14.4. The van der Waals surface area contributed by atoms with Gasteiger partial charge in [-0.2, -0.15) is 16.2 Å². The maximum atomic E-state index is 12.8. The molecule has 1 amide bonds. The summed E-state index contributed by atoms with van der Waals surface area (Å²) in [5, 5.41) is 11.3. The summed E-state index contributed by atoms with van der Waals surface area (Å²) in [6, 6.07) is 1.32. The molecule has 1 heterocycles. The number of aliphatic carboxylic acids is 1. The van der Waals surface area contributed by atoms with Crippen LogP contribution < -0.4 is 5.32 Å². The van der Waals surface area contributed by atoms with E-state index in [-0.39, 0.29) is 5.56 Å². The number of nitrogens with one attached hydrogen (secondary N) is 1. The summed E-state index contributed by atoms with van der Waals surface area (Å²) < 4.78 is 12.8. The molecule has 1 aromatic rings. The Morgan fingerprint density at radius 3 is 2.89 bits per heavy atom. The van der Waals surface area contributed by atoms with E-state index in [9.17, 15) is 14.0 Å². The molecule has 1 atom stereocenters. The Morgan fingerprint density at radius 2 is 2.33 bits per heavy atom. The predicted octanol–water partition coefficient (Wildman–Crippen LogP) is 1.16. The first-order chi connectivity index (χ1) is 8.54. The zero-order valence-electron chi connectivity index (χ0n) is 9.72. The minimum atomic E-state index is -1.10. The Hall–Kier alpha value is -1.63. The molecule has 0 saturated carbocycles. The summed E-state index contributed by atoms with van der Waals surface area (Å²) in [7, 11) is 0. The SMILES string of the molecule is CSCCC(NC(=O)c1ccnc(F)c1)C(=O)O. The van der Waals surface area contributed by atoms with Crippen molar-refractivity contribution in [2.75, 3.05) is 12.0 Å². The average molecular weight is 272 g/mol.